The summed E-state index contributed by atoms with van der Waals surface area (Å²) < 4.78 is 0. The highest BCUT2D eigenvalue weighted by Gasteiger charge is 2.05. The van der Waals surface area contributed by atoms with Crippen molar-refractivity contribution >= 4 is 27.5 Å². The zero-order valence-corrected chi connectivity index (χ0v) is 12.9. The maximum Gasteiger partial charge on any atom is 0.0406 e. The Kier molecular flexibility index (Phi) is 7.96. The molecule has 1 atom stereocenters. The van der Waals surface area contributed by atoms with Gasteiger partial charge in [0, 0.05) is 9.85 Å². The summed E-state index contributed by atoms with van der Waals surface area (Å²) in [5.41, 5.74) is 1.37. The zero-order chi connectivity index (χ0) is 12.5. The highest BCUT2D eigenvalue weighted by atomic mass is 79.9. The molecule has 0 N–H and O–H groups in total. The lowest BCUT2D eigenvalue weighted by molar-refractivity contribution is 0.598. The molecule has 0 aliphatic rings. The summed E-state index contributed by atoms with van der Waals surface area (Å²) in [5.74, 6) is 0. The molecule has 0 aliphatic heterocycles. The molecule has 1 aromatic rings. The Bertz CT molecular complexity index is 294. The molecule has 1 rings (SSSR count). The third-order valence-electron chi connectivity index (χ3n) is 2.99. The van der Waals surface area contributed by atoms with Gasteiger partial charge in [-0.15, -0.1) is 0 Å². The van der Waals surface area contributed by atoms with Crippen molar-refractivity contribution in [3.63, 3.8) is 0 Å². The van der Waals surface area contributed by atoms with Crippen LogP contribution in [0.25, 0.3) is 0 Å². The first-order valence-electron chi connectivity index (χ1n) is 6.61. The molecule has 0 spiro atoms. The number of hydrogen-bond donors (Lipinski definition) is 0. The lowest BCUT2D eigenvalue weighted by atomic mass is 10.0. The van der Waals surface area contributed by atoms with E-state index in [1.807, 2.05) is 12.1 Å². The van der Waals surface area contributed by atoms with Gasteiger partial charge in [-0.25, -0.2) is 0 Å². The second-order valence-electron chi connectivity index (χ2n) is 4.63. The second-order valence-corrected chi connectivity index (χ2v) is 6.36. The number of alkyl halides is 1. The van der Waals surface area contributed by atoms with E-state index in [0.29, 0.717) is 4.83 Å². The van der Waals surface area contributed by atoms with Crippen LogP contribution < -0.4 is 0 Å². The summed E-state index contributed by atoms with van der Waals surface area (Å²) in [6, 6.07) is 8.18. The number of halogens is 2. The van der Waals surface area contributed by atoms with Gasteiger partial charge in [0.2, 0.25) is 0 Å². The number of benzene rings is 1. The van der Waals surface area contributed by atoms with Crippen LogP contribution in [0.3, 0.4) is 0 Å². The predicted molar refractivity (Wildman–Crippen MR) is 81.2 cm³/mol. The van der Waals surface area contributed by atoms with Crippen LogP contribution in [-0.2, 0) is 6.42 Å². The summed E-state index contributed by atoms with van der Waals surface area (Å²) >= 11 is 9.64. The van der Waals surface area contributed by atoms with Gasteiger partial charge in [-0.1, -0.05) is 78.7 Å². The van der Waals surface area contributed by atoms with Crippen LogP contribution in [0.15, 0.2) is 24.3 Å². The molecule has 1 unspecified atom stereocenters. The van der Waals surface area contributed by atoms with E-state index in [1.165, 1.54) is 44.1 Å². The van der Waals surface area contributed by atoms with Gasteiger partial charge in [0.1, 0.15) is 0 Å². The molecule has 0 saturated carbocycles. The van der Waals surface area contributed by atoms with Gasteiger partial charge in [-0.2, -0.15) is 0 Å². The maximum absolute atomic E-state index is 5.87. The Morgan fingerprint density at radius 2 is 1.71 bits per heavy atom. The largest absolute Gasteiger partial charge is 0.0887 e. The van der Waals surface area contributed by atoms with Gasteiger partial charge in [0.05, 0.1) is 0 Å². The van der Waals surface area contributed by atoms with E-state index in [9.17, 15) is 0 Å². The van der Waals surface area contributed by atoms with E-state index in [1.54, 1.807) is 0 Å². The summed E-state index contributed by atoms with van der Waals surface area (Å²) in [6.45, 7) is 2.26. The second kappa shape index (κ2) is 8.99. The number of unbranched alkanes of at least 4 members (excludes halogenated alkanes) is 4. The van der Waals surface area contributed by atoms with Crippen LogP contribution in [0.5, 0.6) is 0 Å². The first-order valence-corrected chi connectivity index (χ1v) is 7.90. The lowest BCUT2D eigenvalue weighted by Crippen LogP contribution is -2.02. The van der Waals surface area contributed by atoms with Crippen LogP contribution in [0.2, 0.25) is 5.02 Å². The van der Waals surface area contributed by atoms with Gasteiger partial charge < -0.3 is 0 Å². The minimum Gasteiger partial charge on any atom is -0.0887 e. The first-order chi connectivity index (χ1) is 8.22. The molecule has 0 aromatic heterocycles. The fourth-order valence-corrected chi connectivity index (χ4v) is 2.77. The summed E-state index contributed by atoms with van der Waals surface area (Å²) in [5, 5.41) is 0.819. The van der Waals surface area contributed by atoms with E-state index in [4.69, 9.17) is 11.6 Å². The average molecular weight is 318 g/mol. The molecule has 0 heterocycles. The van der Waals surface area contributed by atoms with Crippen molar-refractivity contribution in [3.05, 3.63) is 34.9 Å². The monoisotopic (exact) mass is 316 g/mol. The van der Waals surface area contributed by atoms with E-state index in [0.717, 1.165) is 11.4 Å². The molecule has 2 heteroatoms. The molecule has 1 aromatic carbocycles. The standard InChI is InChI=1S/C15H22BrCl/c1-2-3-4-5-6-7-14(16)12-13-8-10-15(17)11-9-13/h8-11,14H,2-7,12H2,1H3. The van der Waals surface area contributed by atoms with Crippen LogP contribution in [0.1, 0.15) is 51.0 Å². The lowest BCUT2D eigenvalue weighted by Gasteiger charge is -2.09. The Labute approximate surface area is 119 Å². The maximum atomic E-state index is 5.87. The van der Waals surface area contributed by atoms with E-state index in [-0.39, 0.29) is 0 Å². The molecule has 0 bridgehead atoms. The molecule has 0 nitrogen and oxygen atoms in total. The molecule has 0 aliphatic carbocycles. The minimum absolute atomic E-state index is 0.602. The van der Waals surface area contributed by atoms with Crippen molar-refractivity contribution < 1.29 is 0 Å². The fraction of sp³-hybridized carbons (Fsp3) is 0.600. The van der Waals surface area contributed by atoms with Gasteiger partial charge in [-0.3, -0.25) is 0 Å². The minimum atomic E-state index is 0.602. The summed E-state index contributed by atoms with van der Waals surface area (Å²) in [4.78, 5) is 0.602. The Hall–Kier alpha value is -0.0100. The van der Waals surface area contributed by atoms with Crippen molar-refractivity contribution in [3.8, 4) is 0 Å². The van der Waals surface area contributed by atoms with Gasteiger partial charge in [0.25, 0.3) is 0 Å². The molecule has 0 fully saturated rings. The molecular weight excluding hydrogens is 296 g/mol. The zero-order valence-electron chi connectivity index (χ0n) is 10.6. The van der Waals surface area contributed by atoms with Crippen molar-refractivity contribution in [1.82, 2.24) is 0 Å². The van der Waals surface area contributed by atoms with Gasteiger partial charge >= 0.3 is 0 Å². The first kappa shape index (κ1) is 15.0. The third-order valence-corrected chi connectivity index (χ3v) is 4.02. The van der Waals surface area contributed by atoms with Crippen LogP contribution >= 0.6 is 27.5 Å². The molecule has 0 saturated heterocycles. The summed E-state index contributed by atoms with van der Waals surface area (Å²) in [6.07, 6.45) is 9.17. The van der Waals surface area contributed by atoms with E-state index in [2.05, 4.69) is 35.0 Å². The SMILES string of the molecule is CCCCCCCC(Br)Cc1ccc(Cl)cc1. The highest BCUT2D eigenvalue weighted by molar-refractivity contribution is 9.09. The number of rotatable bonds is 8. The van der Waals surface area contributed by atoms with Gasteiger partial charge in [-0.05, 0) is 30.5 Å². The van der Waals surface area contributed by atoms with Crippen LogP contribution in [0, 0.1) is 0 Å². The third kappa shape index (κ3) is 7.10. The fourth-order valence-electron chi connectivity index (χ4n) is 1.95. The quantitative estimate of drug-likeness (QED) is 0.407. The Morgan fingerprint density at radius 3 is 2.35 bits per heavy atom. The Balaban J connectivity index is 2.16. The molecule has 0 amide bonds. The Morgan fingerprint density at radius 1 is 1.06 bits per heavy atom. The van der Waals surface area contributed by atoms with E-state index < -0.39 is 0 Å². The molecule has 0 radical (unpaired) electrons. The predicted octanol–water partition coefficient (Wildman–Crippen LogP) is 6.01. The molecule has 96 valence electrons. The summed E-state index contributed by atoms with van der Waals surface area (Å²) in [7, 11) is 0. The molecular formula is C15H22BrCl. The van der Waals surface area contributed by atoms with Crippen LogP contribution in [0.4, 0.5) is 0 Å². The topological polar surface area (TPSA) is 0 Å². The van der Waals surface area contributed by atoms with Gasteiger partial charge in [0.15, 0.2) is 0 Å². The van der Waals surface area contributed by atoms with E-state index >= 15 is 0 Å². The van der Waals surface area contributed by atoms with Crippen molar-refractivity contribution in [2.45, 2.75) is 56.7 Å². The number of hydrogen-bond acceptors (Lipinski definition) is 0. The molecule has 17 heavy (non-hydrogen) atoms. The van der Waals surface area contributed by atoms with Crippen molar-refractivity contribution in [1.29, 1.82) is 0 Å². The average Bonchev–Trinajstić information content (AvgIpc) is 2.32. The van der Waals surface area contributed by atoms with Crippen LogP contribution in [-0.4, -0.2) is 4.83 Å². The normalized spacial score (nSPS) is 12.6. The van der Waals surface area contributed by atoms with Crippen molar-refractivity contribution in [2.75, 3.05) is 0 Å². The van der Waals surface area contributed by atoms with Crippen molar-refractivity contribution in [2.24, 2.45) is 0 Å². The smallest absolute Gasteiger partial charge is 0.0406 e. The highest BCUT2D eigenvalue weighted by Crippen LogP contribution is 2.18.